The first kappa shape index (κ1) is 14.9. The molecule has 0 aromatic heterocycles. The molecule has 0 spiro atoms. The van der Waals surface area contributed by atoms with Crippen molar-refractivity contribution in [2.75, 3.05) is 6.54 Å². The Morgan fingerprint density at radius 3 is 2.19 bits per heavy atom. The molecule has 16 heavy (non-hydrogen) atoms. The first-order valence-electron chi connectivity index (χ1n) is 4.96. The zero-order valence-corrected chi connectivity index (χ0v) is 10.6. The van der Waals surface area contributed by atoms with Gasteiger partial charge in [0.2, 0.25) is 0 Å². The first-order chi connectivity index (χ1) is 6.88. The zero-order valence-electron chi connectivity index (χ0n) is 9.78. The van der Waals surface area contributed by atoms with E-state index in [1.54, 1.807) is 12.1 Å². The summed E-state index contributed by atoms with van der Waals surface area (Å²) in [6, 6.07) is 6.29. The SMILES string of the molecule is CC(C)(C)NCC(=O)c1ccc(O)cc1.Cl. The zero-order chi connectivity index (χ0) is 11.5. The lowest BCUT2D eigenvalue weighted by Gasteiger charge is -2.19. The van der Waals surface area contributed by atoms with E-state index in [2.05, 4.69) is 5.32 Å². The quantitative estimate of drug-likeness (QED) is 0.802. The van der Waals surface area contributed by atoms with Crippen LogP contribution in [-0.2, 0) is 0 Å². The molecule has 0 aliphatic heterocycles. The smallest absolute Gasteiger partial charge is 0.176 e. The summed E-state index contributed by atoms with van der Waals surface area (Å²) >= 11 is 0. The Labute approximate surface area is 102 Å². The minimum absolute atomic E-state index is 0. The van der Waals surface area contributed by atoms with E-state index < -0.39 is 0 Å². The maximum absolute atomic E-state index is 11.7. The lowest BCUT2D eigenvalue weighted by Crippen LogP contribution is -2.39. The highest BCUT2D eigenvalue weighted by Crippen LogP contribution is 2.10. The van der Waals surface area contributed by atoms with Gasteiger partial charge in [0.1, 0.15) is 5.75 Å². The number of aromatic hydroxyl groups is 1. The first-order valence-corrected chi connectivity index (χ1v) is 4.96. The summed E-state index contributed by atoms with van der Waals surface area (Å²) in [5.41, 5.74) is 0.552. The van der Waals surface area contributed by atoms with E-state index in [0.29, 0.717) is 12.1 Å². The number of Topliss-reactive ketones (excluding diaryl/α,β-unsaturated/α-hetero) is 1. The molecule has 0 fully saturated rings. The number of hydrogen-bond donors (Lipinski definition) is 2. The Bertz CT molecular complexity index is 341. The van der Waals surface area contributed by atoms with Crippen molar-refractivity contribution in [1.29, 1.82) is 0 Å². The predicted octanol–water partition coefficient (Wildman–Crippen LogP) is 2.38. The maximum atomic E-state index is 11.7. The standard InChI is InChI=1S/C12H17NO2.ClH/c1-12(2,3)13-8-11(15)9-4-6-10(14)7-5-9;/h4-7,13-14H,8H2,1-3H3;1H. The van der Waals surface area contributed by atoms with E-state index in [0.717, 1.165) is 0 Å². The predicted molar refractivity (Wildman–Crippen MR) is 67.4 cm³/mol. The van der Waals surface area contributed by atoms with Gasteiger partial charge in [-0.1, -0.05) is 0 Å². The fraction of sp³-hybridized carbons (Fsp3) is 0.417. The molecule has 0 atom stereocenters. The Kier molecular flexibility index (Phi) is 5.48. The van der Waals surface area contributed by atoms with Crippen LogP contribution in [0.15, 0.2) is 24.3 Å². The minimum Gasteiger partial charge on any atom is -0.508 e. The second kappa shape index (κ2) is 5.87. The summed E-state index contributed by atoms with van der Waals surface area (Å²) in [6.45, 7) is 6.35. The molecule has 1 aromatic carbocycles. The van der Waals surface area contributed by atoms with Gasteiger partial charge in [-0.25, -0.2) is 0 Å². The third kappa shape index (κ3) is 5.14. The fourth-order valence-corrected chi connectivity index (χ4v) is 1.09. The van der Waals surface area contributed by atoms with Gasteiger partial charge in [0.15, 0.2) is 5.78 Å². The van der Waals surface area contributed by atoms with E-state index in [4.69, 9.17) is 5.11 Å². The molecule has 0 saturated carbocycles. The van der Waals surface area contributed by atoms with Gasteiger partial charge < -0.3 is 10.4 Å². The van der Waals surface area contributed by atoms with Gasteiger partial charge in [-0.2, -0.15) is 0 Å². The number of halogens is 1. The summed E-state index contributed by atoms with van der Waals surface area (Å²) < 4.78 is 0. The molecular formula is C12H18ClNO2. The molecule has 0 radical (unpaired) electrons. The molecule has 0 unspecified atom stereocenters. The normalized spacial score (nSPS) is 10.7. The topological polar surface area (TPSA) is 49.3 Å². The number of phenolic OH excluding ortho intramolecular Hbond substituents is 1. The van der Waals surface area contributed by atoms with E-state index in [1.165, 1.54) is 12.1 Å². The maximum Gasteiger partial charge on any atom is 0.176 e. The van der Waals surface area contributed by atoms with Crippen LogP contribution in [0.5, 0.6) is 5.75 Å². The van der Waals surface area contributed by atoms with Crippen molar-refractivity contribution in [1.82, 2.24) is 5.32 Å². The highest BCUT2D eigenvalue weighted by Gasteiger charge is 2.12. The highest BCUT2D eigenvalue weighted by molar-refractivity contribution is 5.97. The van der Waals surface area contributed by atoms with Crippen molar-refractivity contribution in [3.05, 3.63) is 29.8 Å². The molecule has 2 N–H and O–H groups in total. The Hall–Kier alpha value is -1.06. The van der Waals surface area contributed by atoms with Crippen LogP contribution in [0.2, 0.25) is 0 Å². The van der Waals surface area contributed by atoms with Crippen molar-refractivity contribution in [3.63, 3.8) is 0 Å². The molecule has 0 aliphatic rings. The molecule has 0 amide bonds. The molecule has 0 aliphatic carbocycles. The Morgan fingerprint density at radius 2 is 1.75 bits per heavy atom. The number of hydrogen-bond acceptors (Lipinski definition) is 3. The second-order valence-electron chi connectivity index (χ2n) is 4.57. The summed E-state index contributed by atoms with van der Waals surface area (Å²) in [7, 11) is 0. The van der Waals surface area contributed by atoms with E-state index in [9.17, 15) is 4.79 Å². The average molecular weight is 244 g/mol. The summed E-state index contributed by atoms with van der Waals surface area (Å²) in [4.78, 5) is 11.7. The van der Waals surface area contributed by atoms with Gasteiger partial charge in [0.25, 0.3) is 0 Å². The van der Waals surface area contributed by atoms with Gasteiger partial charge >= 0.3 is 0 Å². The third-order valence-electron chi connectivity index (χ3n) is 1.97. The van der Waals surface area contributed by atoms with Gasteiger partial charge in [0, 0.05) is 11.1 Å². The highest BCUT2D eigenvalue weighted by atomic mass is 35.5. The third-order valence-corrected chi connectivity index (χ3v) is 1.97. The van der Waals surface area contributed by atoms with Gasteiger partial charge in [0.05, 0.1) is 6.54 Å². The van der Waals surface area contributed by atoms with Crippen molar-refractivity contribution in [2.45, 2.75) is 26.3 Å². The fourth-order valence-electron chi connectivity index (χ4n) is 1.09. The van der Waals surface area contributed by atoms with Gasteiger partial charge in [-0.15, -0.1) is 12.4 Å². The summed E-state index contributed by atoms with van der Waals surface area (Å²) in [5, 5.41) is 12.2. The second-order valence-corrected chi connectivity index (χ2v) is 4.57. The lowest BCUT2D eigenvalue weighted by atomic mass is 10.1. The van der Waals surface area contributed by atoms with Crippen LogP contribution in [0, 0.1) is 0 Å². The summed E-state index contributed by atoms with van der Waals surface area (Å²) in [6.07, 6.45) is 0. The number of rotatable bonds is 3. The molecule has 4 heteroatoms. The van der Waals surface area contributed by atoms with E-state index in [-0.39, 0.29) is 29.5 Å². The molecule has 3 nitrogen and oxygen atoms in total. The van der Waals surface area contributed by atoms with Crippen LogP contribution >= 0.6 is 12.4 Å². The average Bonchev–Trinajstić information content (AvgIpc) is 2.14. The number of ketones is 1. The van der Waals surface area contributed by atoms with Crippen molar-refractivity contribution < 1.29 is 9.90 Å². The molecule has 0 saturated heterocycles. The Morgan fingerprint density at radius 1 is 1.25 bits per heavy atom. The van der Waals surface area contributed by atoms with Gasteiger partial charge in [-0.3, -0.25) is 4.79 Å². The molecule has 1 rings (SSSR count). The minimum atomic E-state index is -0.0629. The molecule has 0 bridgehead atoms. The summed E-state index contributed by atoms with van der Waals surface area (Å²) in [5.74, 6) is 0.209. The van der Waals surface area contributed by atoms with Crippen LogP contribution in [0.25, 0.3) is 0 Å². The van der Waals surface area contributed by atoms with Gasteiger partial charge in [-0.05, 0) is 45.0 Å². The number of carbonyl (C=O) groups is 1. The largest absolute Gasteiger partial charge is 0.508 e. The number of benzene rings is 1. The van der Waals surface area contributed by atoms with Crippen molar-refractivity contribution in [3.8, 4) is 5.75 Å². The molecule has 1 aromatic rings. The van der Waals surface area contributed by atoms with Crippen LogP contribution < -0.4 is 5.32 Å². The van der Waals surface area contributed by atoms with Crippen molar-refractivity contribution in [2.24, 2.45) is 0 Å². The van der Waals surface area contributed by atoms with Crippen LogP contribution in [0.4, 0.5) is 0 Å². The monoisotopic (exact) mass is 243 g/mol. The lowest BCUT2D eigenvalue weighted by molar-refractivity contribution is 0.0982. The number of phenols is 1. The Balaban J connectivity index is 0.00000225. The number of nitrogens with one attached hydrogen (secondary N) is 1. The van der Waals surface area contributed by atoms with E-state index >= 15 is 0 Å². The number of carbonyl (C=O) groups excluding carboxylic acids is 1. The van der Waals surface area contributed by atoms with E-state index in [1.807, 2.05) is 20.8 Å². The van der Waals surface area contributed by atoms with Crippen molar-refractivity contribution >= 4 is 18.2 Å². The molecule has 0 heterocycles. The molecular weight excluding hydrogens is 226 g/mol. The molecule has 90 valence electrons. The van der Waals surface area contributed by atoms with Crippen LogP contribution in [-0.4, -0.2) is 23.0 Å². The van der Waals surface area contributed by atoms with Crippen LogP contribution in [0.3, 0.4) is 0 Å². The van der Waals surface area contributed by atoms with Crippen LogP contribution in [0.1, 0.15) is 31.1 Å².